The lowest BCUT2D eigenvalue weighted by atomic mass is 10.2. The molecular formula is C17H24N4O. The van der Waals surface area contributed by atoms with E-state index in [2.05, 4.69) is 41.3 Å². The van der Waals surface area contributed by atoms with Crippen molar-refractivity contribution >= 4 is 5.91 Å². The van der Waals surface area contributed by atoms with E-state index in [4.69, 9.17) is 0 Å². The van der Waals surface area contributed by atoms with E-state index in [0.717, 1.165) is 6.54 Å². The highest BCUT2D eigenvalue weighted by Crippen LogP contribution is 2.07. The Balaban J connectivity index is 1.79. The molecule has 2 atom stereocenters. The van der Waals surface area contributed by atoms with Gasteiger partial charge in [0.1, 0.15) is 6.04 Å². The Bertz CT molecular complexity index is 568. The second-order valence-corrected chi connectivity index (χ2v) is 5.68. The number of nitrogens with zero attached hydrogens (tertiary/aromatic N) is 3. The van der Waals surface area contributed by atoms with Gasteiger partial charge in [-0.3, -0.25) is 9.69 Å². The van der Waals surface area contributed by atoms with Crippen LogP contribution in [-0.4, -0.2) is 40.0 Å². The van der Waals surface area contributed by atoms with Gasteiger partial charge in [0.2, 0.25) is 5.91 Å². The molecule has 0 spiro atoms. The fourth-order valence-electron chi connectivity index (χ4n) is 2.21. The molecule has 22 heavy (non-hydrogen) atoms. The topological polar surface area (TPSA) is 50.2 Å². The first kappa shape index (κ1) is 16.2. The Hall–Kier alpha value is -2.14. The van der Waals surface area contributed by atoms with Gasteiger partial charge in [0.05, 0.1) is 6.33 Å². The van der Waals surface area contributed by atoms with Crippen molar-refractivity contribution in [3.8, 4) is 0 Å². The number of benzene rings is 1. The van der Waals surface area contributed by atoms with Gasteiger partial charge in [0.25, 0.3) is 0 Å². The lowest BCUT2D eigenvalue weighted by Crippen LogP contribution is -2.41. The first-order valence-electron chi connectivity index (χ1n) is 7.57. The molecule has 2 aromatic rings. The highest BCUT2D eigenvalue weighted by atomic mass is 16.2. The molecule has 0 aliphatic rings. The maximum absolute atomic E-state index is 12.1. The first-order valence-corrected chi connectivity index (χ1v) is 7.57. The lowest BCUT2D eigenvalue weighted by Gasteiger charge is -2.25. The number of amides is 1. The molecule has 1 aromatic heterocycles. The standard InChI is InChI=1S/C17H24N4O/c1-14(20(3)12-16-7-5-4-6-8-16)11-19-17(22)15(2)21-10-9-18-13-21/h4-10,13-15H,11-12H2,1-3H3,(H,19,22)/t14-,15-/m0/s1. The van der Waals surface area contributed by atoms with Gasteiger partial charge in [0, 0.05) is 31.5 Å². The Morgan fingerprint density at radius 1 is 1.32 bits per heavy atom. The van der Waals surface area contributed by atoms with Crippen molar-refractivity contribution in [2.75, 3.05) is 13.6 Å². The van der Waals surface area contributed by atoms with Crippen molar-refractivity contribution < 1.29 is 4.79 Å². The number of aromatic nitrogens is 2. The number of nitrogens with one attached hydrogen (secondary N) is 1. The predicted octanol–water partition coefficient (Wildman–Crippen LogP) is 2.08. The van der Waals surface area contributed by atoms with Crippen molar-refractivity contribution in [1.82, 2.24) is 19.8 Å². The molecule has 1 aromatic carbocycles. The molecular weight excluding hydrogens is 276 g/mol. The van der Waals surface area contributed by atoms with Crippen LogP contribution >= 0.6 is 0 Å². The maximum Gasteiger partial charge on any atom is 0.242 e. The summed E-state index contributed by atoms with van der Waals surface area (Å²) >= 11 is 0. The lowest BCUT2D eigenvalue weighted by molar-refractivity contribution is -0.124. The highest BCUT2D eigenvalue weighted by Gasteiger charge is 2.16. The van der Waals surface area contributed by atoms with Gasteiger partial charge in [-0.05, 0) is 26.5 Å². The molecule has 0 bridgehead atoms. The predicted molar refractivity (Wildman–Crippen MR) is 87.3 cm³/mol. The zero-order valence-corrected chi connectivity index (χ0v) is 13.4. The second kappa shape index (κ2) is 7.75. The molecule has 0 radical (unpaired) electrons. The largest absolute Gasteiger partial charge is 0.353 e. The Morgan fingerprint density at radius 3 is 2.68 bits per heavy atom. The molecule has 0 fully saturated rings. The van der Waals surface area contributed by atoms with Crippen molar-refractivity contribution in [3.05, 3.63) is 54.6 Å². The molecule has 1 N–H and O–H groups in total. The molecule has 0 aliphatic carbocycles. The van der Waals surface area contributed by atoms with Gasteiger partial charge in [-0.15, -0.1) is 0 Å². The fourth-order valence-corrected chi connectivity index (χ4v) is 2.21. The number of carbonyl (C=O) groups excluding carboxylic acids is 1. The van der Waals surface area contributed by atoms with E-state index >= 15 is 0 Å². The summed E-state index contributed by atoms with van der Waals surface area (Å²) in [6, 6.07) is 10.4. The molecule has 5 nitrogen and oxygen atoms in total. The fraction of sp³-hybridized carbons (Fsp3) is 0.412. The third-order valence-corrected chi connectivity index (χ3v) is 3.95. The van der Waals surface area contributed by atoms with Gasteiger partial charge in [-0.2, -0.15) is 0 Å². The van der Waals surface area contributed by atoms with Crippen LogP contribution in [0, 0.1) is 0 Å². The van der Waals surface area contributed by atoms with E-state index in [9.17, 15) is 4.79 Å². The highest BCUT2D eigenvalue weighted by molar-refractivity contribution is 5.79. The molecule has 1 heterocycles. The minimum absolute atomic E-state index is 0.0120. The average molecular weight is 300 g/mol. The van der Waals surface area contributed by atoms with E-state index in [1.165, 1.54) is 5.56 Å². The summed E-state index contributed by atoms with van der Waals surface area (Å²) in [4.78, 5) is 18.4. The molecule has 5 heteroatoms. The molecule has 118 valence electrons. The van der Waals surface area contributed by atoms with Crippen LogP contribution in [0.5, 0.6) is 0 Å². The minimum atomic E-state index is -0.242. The van der Waals surface area contributed by atoms with E-state index in [1.807, 2.05) is 25.1 Å². The summed E-state index contributed by atoms with van der Waals surface area (Å²) in [6.07, 6.45) is 5.14. The third kappa shape index (κ3) is 4.43. The Kier molecular flexibility index (Phi) is 5.72. The van der Waals surface area contributed by atoms with Crippen LogP contribution in [-0.2, 0) is 11.3 Å². The van der Waals surface area contributed by atoms with Crippen LogP contribution < -0.4 is 5.32 Å². The van der Waals surface area contributed by atoms with Crippen molar-refractivity contribution in [2.24, 2.45) is 0 Å². The van der Waals surface area contributed by atoms with Gasteiger partial charge < -0.3 is 9.88 Å². The van der Waals surface area contributed by atoms with E-state index in [0.29, 0.717) is 6.54 Å². The van der Waals surface area contributed by atoms with Gasteiger partial charge in [-0.25, -0.2) is 4.98 Å². The van der Waals surface area contributed by atoms with Crippen LogP contribution in [0.1, 0.15) is 25.5 Å². The third-order valence-electron chi connectivity index (χ3n) is 3.95. The second-order valence-electron chi connectivity index (χ2n) is 5.68. The summed E-state index contributed by atoms with van der Waals surface area (Å²) in [6.45, 7) is 5.48. The zero-order chi connectivity index (χ0) is 15.9. The van der Waals surface area contributed by atoms with Crippen LogP contribution in [0.25, 0.3) is 0 Å². The van der Waals surface area contributed by atoms with Gasteiger partial charge >= 0.3 is 0 Å². The molecule has 0 saturated heterocycles. The Labute approximate surface area is 132 Å². The van der Waals surface area contributed by atoms with Crippen LogP contribution in [0.3, 0.4) is 0 Å². The first-order chi connectivity index (χ1) is 10.6. The molecule has 0 unspecified atom stereocenters. The van der Waals surface area contributed by atoms with Crippen LogP contribution in [0.2, 0.25) is 0 Å². The molecule has 0 aliphatic heterocycles. The average Bonchev–Trinajstić information content (AvgIpc) is 3.06. The van der Waals surface area contributed by atoms with Gasteiger partial charge in [-0.1, -0.05) is 30.3 Å². The zero-order valence-electron chi connectivity index (χ0n) is 13.4. The number of hydrogen-bond donors (Lipinski definition) is 1. The normalized spacial score (nSPS) is 13.8. The van der Waals surface area contributed by atoms with Crippen molar-refractivity contribution in [1.29, 1.82) is 0 Å². The van der Waals surface area contributed by atoms with E-state index < -0.39 is 0 Å². The van der Waals surface area contributed by atoms with E-state index in [-0.39, 0.29) is 18.0 Å². The summed E-state index contributed by atoms with van der Waals surface area (Å²) in [7, 11) is 2.07. The van der Waals surface area contributed by atoms with E-state index in [1.54, 1.807) is 23.3 Å². The Morgan fingerprint density at radius 2 is 2.05 bits per heavy atom. The van der Waals surface area contributed by atoms with Crippen molar-refractivity contribution in [3.63, 3.8) is 0 Å². The molecule has 1 amide bonds. The summed E-state index contributed by atoms with van der Waals surface area (Å²) < 4.78 is 1.80. The smallest absolute Gasteiger partial charge is 0.242 e. The number of carbonyl (C=O) groups is 1. The number of rotatable bonds is 7. The quantitative estimate of drug-likeness (QED) is 0.852. The van der Waals surface area contributed by atoms with Gasteiger partial charge in [0.15, 0.2) is 0 Å². The minimum Gasteiger partial charge on any atom is -0.353 e. The van der Waals surface area contributed by atoms with Crippen molar-refractivity contribution in [2.45, 2.75) is 32.5 Å². The SMILES string of the molecule is C[C@@H](CNC(=O)[C@H](C)n1ccnc1)N(C)Cc1ccccc1. The summed E-state index contributed by atoms with van der Waals surface area (Å²) in [5.74, 6) is 0.0120. The van der Waals surface area contributed by atoms with Crippen LogP contribution in [0.15, 0.2) is 49.1 Å². The molecule has 2 rings (SSSR count). The summed E-state index contributed by atoms with van der Waals surface area (Å²) in [5.41, 5.74) is 1.27. The van der Waals surface area contributed by atoms with Crippen LogP contribution in [0.4, 0.5) is 0 Å². The monoisotopic (exact) mass is 300 g/mol. The number of likely N-dealkylation sites (N-methyl/N-ethyl adjacent to an activating group) is 1. The summed E-state index contributed by atoms with van der Waals surface area (Å²) in [5, 5.41) is 3.01. The maximum atomic E-state index is 12.1. The molecule has 0 saturated carbocycles. The number of hydrogen-bond acceptors (Lipinski definition) is 3. The number of imidazole rings is 1.